The molecule has 108 valence electrons. The Morgan fingerprint density at radius 3 is 2.26 bits per heavy atom. The van der Waals surface area contributed by atoms with Gasteiger partial charge in [-0.15, -0.1) is 0 Å². The first kappa shape index (κ1) is 15.9. The van der Waals surface area contributed by atoms with Crippen molar-refractivity contribution in [3.05, 3.63) is 23.9 Å². The van der Waals surface area contributed by atoms with Crippen LogP contribution in [0.1, 0.15) is 58.3 Å². The molecule has 1 N–H and O–H groups in total. The number of anilines is 1. The molecule has 0 atom stereocenters. The van der Waals surface area contributed by atoms with Gasteiger partial charge < -0.3 is 5.32 Å². The van der Waals surface area contributed by atoms with Crippen LogP contribution in [0.25, 0.3) is 0 Å². The lowest BCUT2D eigenvalue weighted by Crippen LogP contribution is -2.05. The van der Waals surface area contributed by atoms with E-state index in [1.807, 2.05) is 0 Å². The van der Waals surface area contributed by atoms with Gasteiger partial charge in [0.05, 0.1) is 6.20 Å². The second-order valence-electron chi connectivity index (χ2n) is 4.89. The van der Waals surface area contributed by atoms with Crippen LogP contribution in [0.3, 0.4) is 0 Å². The Morgan fingerprint density at radius 2 is 1.63 bits per heavy atom. The molecule has 0 aliphatic carbocycles. The molecule has 0 saturated carbocycles. The molecule has 1 heterocycles. The Hall–Kier alpha value is -1.19. The molecule has 0 aliphatic rings. The van der Waals surface area contributed by atoms with Gasteiger partial charge >= 0.3 is 0 Å². The molecule has 0 radical (unpaired) electrons. The summed E-state index contributed by atoms with van der Waals surface area (Å²) in [6, 6.07) is 0.850. The summed E-state index contributed by atoms with van der Waals surface area (Å²) in [5.41, 5.74) is 0. The van der Waals surface area contributed by atoms with Gasteiger partial charge in [0.25, 0.3) is 0 Å². The Kier molecular flexibility index (Phi) is 8.10. The Labute approximate surface area is 114 Å². The molecule has 0 amide bonds. The highest BCUT2D eigenvalue weighted by Crippen LogP contribution is 2.12. The van der Waals surface area contributed by atoms with E-state index in [1.54, 1.807) is 0 Å². The first-order valence-corrected chi connectivity index (χ1v) is 7.29. The monoisotopic (exact) mass is 270 g/mol. The van der Waals surface area contributed by atoms with Gasteiger partial charge in [-0.1, -0.05) is 51.9 Å². The molecule has 1 aromatic heterocycles. The van der Waals surface area contributed by atoms with Gasteiger partial charge in [0.1, 0.15) is 5.82 Å². The standard InChI is InChI=1S/C15H24F2N2/c1-2-3-4-5-6-7-8-9-10-18-15-14(17)11-13(16)12-19-15/h11-12H,2-10H2,1H3,(H,18,19). The van der Waals surface area contributed by atoms with E-state index >= 15 is 0 Å². The molecule has 4 heteroatoms. The van der Waals surface area contributed by atoms with Crippen molar-refractivity contribution in [1.82, 2.24) is 4.98 Å². The topological polar surface area (TPSA) is 24.9 Å². The van der Waals surface area contributed by atoms with Gasteiger partial charge in [-0.2, -0.15) is 0 Å². The SMILES string of the molecule is CCCCCCCCCCNc1ncc(F)cc1F. The number of hydrogen-bond acceptors (Lipinski definition) is 2. The Bertz CT molecular complexity index is 356. The van der Waals surface area contributed by atoms with Crippen LogP contribution < -0.4 is 5.32 Å². The molecule has 0 unspecified atom stereocenters. The lowest BCUT2D eigenvalue weighted by Gasteiger charge is -2.06. The number of nitrogens with one attached hydrogen (secondary N) is 1. The van der Waals surface area contributed by atoms with Crippen LogP contribution in [0.5, 0.6) is 0 Å². The van der Waals surface area contributed by atoms with Crippen molar-refractivity contribution in [3.8, 4) is 0 Å². The van der Waals surface area contributed by atoms with E-state index in [2.05, 4.69) is 17.2 Å². The van der Waals surface area contributed by atoms with Crippen LogP contribution in [-0.2, 0) is 0 Å². The number of hydrogen-bond donors (Lipinski definition) is 1. The average Bonchev–Trinajstić information content (AvgIpc) is 2.39. The molecule has 0 fully saturated rings. The fourth-order valence-corrected chi connectivity index (χ4v) is 2.01. The number of unbranched alkanes of at least 4 members (excludes halogenated alkanes) is 7. The van der Waals surface area contributed by atoms with E-state index in [-0.39, 0.29) is 5.82 Å². The van der Waals surface area contributed by atoms with Gasteiger partial charge in [-0.25, -0.2) is 13.8 Å². The molecule has 0 aromatic carbocycles. The van der Waals surface area contributed by atoms with Crippen LogP contribution in [-0.4, -0.2) is 11.5 Å². The maximum Gasteiger partial charge on any atom is 0.168 e. The highest BCUT2D eigenvalue weighted by molar-refractivity contribution is 5.35. The summed E-state index contributed by atoms with van der Waals surface area (Å²) in [7, 11) is 0. The lowest BCUT2D eigenvalue weighted by atomic mass is 10.1. The van der Waals surface area contributed by atoms with Crippen molar-refractivity contribution in [1.29, 1.82) is 0 Å². The summed E-state index contributed by atoms with van der Waals surface area (Å²) in [5, 5.41) is 2.90. The van der Waals surface area contributed by atoms with Crippen molar-refractivity contribution in [2.45, 2.75) is 58.3 Å². The van der Waals surface area contributed by atoms with Gasteiger partial charge in [-0.3, -0.25) is 0 Å². The quantitative estimate of drug-likeness (QED) is 0.611. The zero-order chi connectivity index (χ0) is 13.9. The number of pyridine rings is 1. The third kappa shape index (κ3) is 7.09. The minimum Gasteiger partial charge on any atom is -0.368 e. The van der Waals surface area contributed by atoms with E-state index in [0.29, 0.717) is 6.54 Å². The predicted octanol–water partition coefficient (Wildman–Crippen LogP) is 4.91. The van der Waals surface area contributed by atoms with Crippen molar-refractivity contribution in [3.63, 3.8) is 0 Å². The third-order valence-electron chi connectivity index (χ3n) is 3.13. The van der Waals surface area contributed by atoms with E-state index in [9.17, 15) is 8.78 Å². The molecule has 1 aromatic rings. The molecule has 19 heavy (non-hydrogen) atoms. The highest BCUT2D eigenvalue weighted by atomic mass is 19.1. The Morgan fingerprint density at radius 1 is 1.00 bits per heavy atom. The van der Waals surface area contributed by atoms with Crippen molar-refractivity contribution in [2.75, 3.05) is 11.9 Å². The largest absolute Gasteiger partial charge is 0.368 e. The number of rotatable bonds is 10. The second-order valence-corrected chi connectivity index (χ2v) is 4.89. The van der Waals surface area contributed by atoms with Crippen LogP contribution >= 0.6 is 0 Å². The summed E-state index contributed by atoms with van der Waals surface area (Å²) in [6.07, 6.45) is 10.9. The van der Waals surface area contributed by atoms with Gasteiger partial charge in [-0.05, 0) is 6.42 Å². The van der Waals surface area contributed by atoms with Crippen LogP contribution in [0.15, 0.2) is 12.3 Å². The molecular formula is C15H24F2N2. The zero-order valence-corrected chi connectivity index (χ0v) is 11.7. The maximum absolute atomic E-state index is 13.2. The van der Waals surface area contributed by atoms with E-state index in [0.717, 1.165) is 25.1 Å². The first-order valence-electron chi connectivity index (χ1n) is 7.29. The van der Waals surface area contributed by atoms with Crippen LogP contribution in [0, 0.1) is 11.6 Å². The fraction of sp³-hybridized carbons (Fsp3) is 0.667. The molecule has 1 rings (SSSR count). The lowest BCUT2D eigenvalue weighted by molar-refractivity contribution is 0.570. The summed E-state index contributed by atoms with van der Waals surface area (Å²) < 4.78 is 25.9. The molecule has 0 aliphatic heterocycles. The molecule has 0 saturated heterocycles. The average molecular weight is 270 g/mol. The summed E-state index contributed by atoms with van der Waals surface area (Å²) in [5.74, 6) is -1.13. The van der Waals surface area contributed by atoms with Crippen LogP contribution in [0.4, 0.5) is 14.6 Å². The molecule has 0 spiro atoms. The normalized spacial score (nSPS) is 10.7. The van der Waals surface area contributed by atoms with Crippen molar-refractivity contribution >= 4 is 5.82 Å². The highest BCUT2D eigenvalue weighted by Gasteiger charge is 2.03. The smallest absolute Gasteiger partial charge is 0.168 e. The van der Waals surface area contributed by atoms with Crippen LogP contribution in [0.2, 0.25) is 0 Å². The number of halogens is 2. The maximum atomic E-state index is 13.2. The third-order valence-corrected chi connectivity index (χ3v) is 3.13. The number of nitrogens with zero attached hydrogens (tertiary/aromatic N) is 1. The minimum absolute atomic E-state index is 0.143. The predicted molar refractivity (Wildman–Crippen MR) is 75.3 cm³/mol. The fourth-order valence-electron chi connectivity index (χ4n) is 2.01. The van der Waals surface area contributed by atoms with Crippen molar-refractivity contribution in [2.24, 2.45) is 0 Å². The molecule has 0 bridgehead atoms. The zero-order valence-electron chi connectivity index (χ0n) is 11.7. The van der Waals surface area contributed by atoms with E-state index in [4.69, 9.17) is 0 Å². The summed E-state index contributed by atoms with van der Waals surface area (Å²) >= 11 is 0. The second kappa shape index (κ2) is 9.70. The number of aromatic nitrogens is 1. The molecule has 2 nitrogen and oxygen atoms in total. The van der Waals surface area contributed by atoms with Gasteiger partial charge in [0.2, 0.25) is 0 Å². The molecular weight excluding hydrogens is 246 g/mol. The first-order chi connectivity index (χ1) is 9.24. The van der Waals surface area contributed by atoms with E-state index in [1.165, 1.54) is 38.5 Å². The van der Waals surface area contributed by atoms with Gasteiger partial charge in [0.15, 0.2) is 11.6 Å². The van der Waals surface area contributed by atoms with Gasteiger partial charge in [0, 0.05) is 12.6 Å². The summed E-state index contributed by atoms with van der Waals surface area (Å²) in [6.45, 7) is 2.90. The minimum atomic E-state index is -0.643. The van der Waals surface area contributed by atoms with E-state index < -0.39 is 11.6 Å². The Balaban J connectivity index is 2.01. The summed E-state index contributed by atoms with van der Waals surface area (Å²) in [4.78, 5) is 3.68. The van der Waals surface area contributed by atoms with Crippen molar-refractivity contribution < 1.29 is 8.78 Å².